The molecule has 3 N–H and O–H groups in total. The summed E-state index contributed by atoms with van der Waals surface area (Å²) in [4.78, 5) is 32.2. The van der Waals surface area contributed by atoms with Crippen molar-refractivity contribution in [2.75, 3.05) is 26.2 Å². The second-order valence-corrected chi connectivity index (χ2v) is 7.98. The number of aromatic nitrogens is 1. The summed E-state index contributed by atoms with van der Waals surface area (Å²) in [6.45, 7) is 8.29. The van der Waals surface area contributed by atoms with Crippen molar-refractivity contribution in [1.82, 2.24) is 15.2 Å². The highest BCUT2D eigenvalue weighted by Gasteiger charge is 2.30. The van der Waals surface area contributed by atoms with Gasteiger partial charge in [-0.2, -0.15) is 0 Å². The van der Waals surface area contributed by atoms with Gasteiger partial charge in [-0.15, -0.1) is 11.3 Å². The second-order valence-electron chi connectivity index (χ2n) is 6.78. The van der Waals surface area contributed by atoms with Gasteiger partial charge in [-0.3, -0.25) is 9.59 Å². The predicted octanol–water partition coefficient (Wildman–Crippen LogP) is 1.58. The number of hydrogen-bond acceptors (Lipinski definition) is 5. The largest absolute Gasteiger partial charge is 0.355 e. The van der Waals surface area contributed by atoms with Crippen LogP contribution in [0.15, 0.2) is 0 Å². The number of likely N-dealkylation sites (tertiary alicyclic amines) is 1. The zero-order chi connectivity index (χ0) is 17.7. The molecule has 7 heteroatoms. The fourth-order valence-corrected chi connectivity index (χ4v) is 3.94. The Morgan fingerprint density at radius 3 is 2.88 bits per heavy atom. The van der Waals surface area contributed by atoms with E-state index in [0.29, 0.717) is 32.1 Å². The molecule has 1 atom stereocenters. The molecule has 1 aliphatic heterocycles. The molecule has 134 valence electrons. The maximum atomic E-state index is 12.9. The Hall–Kier alpha value is -1.47. The van der Waals surface area contributed by atoms with Crippen LogP contribution in [0.5, 0.6) is 0 Å². The quantitative estimate of drug-likeness (QED) is 0.813. The number of rotatable bonds is 6. The molecule has 2 rings (SSSR count). The van der Waals surface area contributed by atoms with E-state index in [0.717, 1.165) is 34.8 Å². The van der Waals surface area contributed by atoms with Crippen molar-refractivity contribution in [2.45, 2.75) is 40.0 Å². The molecule has 1 fully saturated rings. The van der Waals surface area contributed by atoms with Crippen LogP contribution < -0.4 is 11.1 Å². The minimum Gasteiger partial charge on any atom is -0.355 e. The standard InChI is InChI=1S/C17H28N4O2S/c1-11(2)9-14-15(24-12(3)20-14)17(23)21-8-4-5-13(10-21)16(22)19-7-6-18/h11,13H,4-10,18H2,1-3H3,(H,19,22). The number of carbonyl (C=O) groups excluding carboxylic acids is 2. The van der Waals surface area contributed by atoms with Crippen molar-refractivity contribution in [2.24, 2.45) is 17.6 Å². The van der Waals surface area contributed by atoms with Gasteiger partial charge in [0.1, 0.15) is 4.88 Å². The van der Waals surface area contributed by atoms with Crippen LogP contribution in [-0.4, -0.2) is 47.9 Å². The Labute approximate surface area is 147 Å². The fraction of sp³-hybridized carbons (Fsp3) is 0.706. The summed E-state index contributed by atoms with van der Waals surface area (Å²) in [7, 11) is 0. The lowest BCUT2D eigenvalue weighted by molar-refractivity contribution is -0.126. The number of nitrogens with zero attached hydrogens (tertiary/aromatic N) is 2. The third kappa shape index (κ3) is 4.77. The van der Waals surface area contributed by atoms with Gasteiger partial charge >= 0.3 is 0 Å². The molecule has 2 amide bonds. The Bertz CT molecular complexity index is 585. The fourth-order valence-electron chi connectivity index (χ4n) is 3.02. The molecule has 0 bridgehead atoms. The van der Waals surface area contributed by atoms with Crippen molar-refractivity contribution < 1.29 is 9.59 Å². The maximum absolute atomic E-state index is 12.9. The minimum absolute atomic E-state index is 0.000777. The molecule has 1 saturated heterocycles. The van der Waals surface area contributed by atoms with E-state index < -0.39 is 0 Å². The Morgan fingerprint density at radius 2 is 2.21 bits per heavy atom. The summed E-state index contributed by atoms with van der Waals surface area (Å²) < 4.78 is 0. The summed E-state index contributed by atoms with van der Waals surface area (Å²) in [6.07, 6.45) is 2.48. The lowest BCUT2D eigenvalue weighted by Gasteiger charge is -2.32. The number of nitrogens with one attached hydrogen (secondary N) is 1. The molecule has 0 aromatic carbocycles. The Balaban J connectivity index is 2.08. The number of aryl methyl sites for hydroxylation is 1. The molecule has 2 heterocycles. The SMILES string of the molecule is Cc1nc(CC(C)C)c(C(=O)N2CCCC(C(=O)NCCN)C2)s1. The number of piperidine rings is 1. The average molecular weight is 353 g/mol. The van der Waals surface area contributed by atoms with Crippen LogP contribution >= 0.6 is 11.3 Å². The maximum Gasteiger partial charge on any atom is 0.265 e. The van der Waals surface area contributed by atoms with E-state index >= 15 is 0 Å². The molecule has 0 aliphatic carbocycles. The second kappa shape index (κ2) is 8.58. The van der Waals surface area contributed by atoms with Crippen molar-refractivity contribution >= 4 is 23.2 Å². The van der Waals surface area contributed by atoms with Gasteiger partial charge in [0.2, 0.25) is 5.91 Å². The minimum atomic E-state index is -0.142. The Kier molecular flexibility index (Phi) is 6.74. The summed E-state index contributed by atoms with van der Waals surface area (Å²) in [5, 5.41) is 3.75. The topological polar surface area (TPSA) is 88.3 Å². The summed E-state index contributed by atoms with van der Waals surface area (Å²) in [6, 6.07) is 0. The third-order valence-electron chi connectivity index (χ3n) is 4.12. The molecule has 0 radical (unpaired) electrons. The van der Waals surface area contributed by atoms with Crippen molar-refractivity contribution in [1.29, 1.82) is 0 Å². The van der Waals surface area contributed by atoms with E-state index in [2.05, 4.69) is 24.1 Å². The first kappa shape index (κ1) is 18.9. The lowest BCUT2D eigenvalue weighted by atomic mass is 9.96. The predicted molar refractivity (Wildman–Crippen MR) is 96.1 cm³/mol. The summed E-state index contributed by atoms with van der Waals surface area (Å²) in [5.41, 5.74) is 6.33. The van der Waals surface area contributed by atoms with Crippen LogP contribution in [0.2, 0.25) is 0 Å². The van der Waals surface area contributed by atoms with Crippen LogP contribution in [0.3, 0.4) is 0 Å². The van der Waals surface area contributed by atoms with Gasteiger partial charge in [0.25, 0.3) is 5.91 Å². The first-order valence-electron chi connectivity index (χ1n) is 8.65. The zero-order valence-corrected chi connectivity index (χ0v) is 15.6. The highest BCUT2D eigenvalue weighted by atomic mass is 32.1. The van der Waals surface area contributed by atoms with E-state index in [1.165, 1.54) is 11.3 Å². The van der Waals surface area contributed by atoms with Gasteiger partial charge in [-0.05, 0) is 32.1 Å². The molecule has 24 heavy (non-hydrogen) atoms. The smallest absolute Gasteiger partial charge is 0.265 e. The van der Waals surface area contributed by atoms with E-state index in [-0.39, 0.29) is 17.7 Å². The highest BCUT2D eigenvalue weighted by molar-refractivity contribution is 7.13. The number of carbonyl (C=O) groups is 2. The monoisotopic (exact) mass is 352 g/mol. The molecule has 1 aromatic rings. The van der Waals surface area contributed by atoms with Crippen LogP contribution in [0.4, 0.5) is 0 Å². The van der Waals surface area contributed by atoms with E-state index in [1.807, 2.05) is 11.8 Å². The molecule has 6 nitrogen and oxygen atoms in total. The highest BCUT2D eigenvalue weighted by Crippen LogP contribution is 2.25. The van der Waals surface area contributed by atoms with Crippen LogP contribution in [0.1, 0.15) is 47.1 Å². The molecule has 1 aliphatic rings. The van der Waals surface area contributed by atoms with Crippen LogP contribution in [0, 0.1) is 18.8 Å². The van der Waals surface area contributed by atoms with Gasteiger partial charge in [0.05, 0.1) is 16.6 Å². The van der Waals surface area contributed by atoms with Crippen molar-refractivity contribution in [3.63, 3.8) is 0 Å². The molecular weight excluding hydrogens is 324 g/mol. The van der Waals surface area contributed by atoms with Gasteiger partial charge in [0, 0.05) is 26.2 Å². The van der Waals surface area contributed by atoms with Gasteiger partial charge < -0.3 is 16.0 Å². The normalized spacial score (nSPS) is 18.0. The molecule has 0 spiro atoms. The van der Waals surface area contributed by atoms with E-state index in [9.17, 15) is 9.59 Å². The third-order valence-corrected chi connectivity index (χ3v) is 5.12. The molecule has 0 saturated carbocycles. The van der Waals surface area contributed by atoms with Gasteiger partial charge in [-0.25, -0.2) is 4.98 Å². The number of nitrogens with two attached hydrogens (primary N) is 1. The summed E-state index contributed by atoms with van der Waals surface area (Å²) >= 11 is 1.46. The number of hydrogen-bond donors (Lipinski definition) is 2. The van der Waals surface area contributed by atoms with E-state index in [1.54, 1.807) is 0 Å². The zero-order valence-electron chi connectivity index (χ0n) is 14.8. The molecule has 1 aromatic heterocycles. The number of thiazole rings is 1. The molecule has 1 unspecified atom stereocenters. The van der Waals surface area contributed by atoms with Crippen molar-refractivity contribution in [3.8, 4) is 0 Å². The Morgan fingerprint density at radius 1 is 1.46 bits per heavy atom. The summed E-state index contributed by atoms with van der Waals surface area (Å²) in [5.74, 6) is 0.333. The van der Waals surface area contributed by atoms with Crippen LogP contribution in [-0.2, 0) is 11.2 Å². The first-order chi connectivity index (χ1) is 11.4. The van der Waals surface area contributed by atoms with E-state index in [4.69, 9.17) is 5.73 Å². The average Bonchev–Trinajstić information content (AvgIpc) is 2.91. The van der Waals surface area contributed by atoms with Crippen molar-refractivity contribution in [3.05, 3.63) is 15.6 Å². The lowest BCUT2D eigenvalue weighted by Crippen LogP contribution is -2.46. The number of amides is 2. The first-order valence-corrected chi connectivity index (χ1v) is 9.47. The molecular formula is C17H28N4O2S. The van der Waals surface area contributed by atoms with Crippen LogP contribution in [0.25, 0.3) is 0 Å². The van der Waals surface area contributed by atoms with Gasteiger partial charge in [0.15, 0.2) is 0 Å². The van der Waals surface area contributed by atoms with Gasteiger partial charge in [-0.1, -0.05) is 13.8 Å².